The first-order chi connectivity index (χ1) is 7.52. The van der Waals surface area contributed by atoms with Crippen molar-refractivity contribution in [1.82, 2.24) is 19.4 Å². The lowest BCUT2D eigenvalue weighted by molar-refractivity contribution is 0.0819. The molecule has 2 aromatic rings. The van der Waals surface area contributed by atoms with Gasteiger partial charge in [-0.2, -0.15) is 0 Å². The molecule has 0 spiro atoms. The van der Waals surface area contributed by atoms with Crippen LogP contribution in [0.1, 0.15) is 10.5 Å². The number of aromatic nitrogens is 3. The van der Waals surface area contributed by atoms with Crippen molar-refractivity contribution in [1.29, 1.82) is 0 Å². The predicted molar refractivity (Wildman–Crippen MR) is 61.5 cm³/mol. The minimum absolute atomic E-state index is 0.0865. The van der Waals surface area contributed by atoms with Gasteiger partial charge in [-0.3, -0.25) is 4.79 Å². The summed E-state index contributed by atoms with van der Waals surface area (Å²) in [5.74, 6) is -0.0865. The topological polar surface area (TPSA) is 51.0 Å². The highest BCUT2D eigenvalue weighted by atomic mass is 35.5. The molecule has 0 bridgehead atoms. The molecule has 1 amide bonds. The number of fused-ring (bicyclic) bond motifs is 1. The fourth-order valence-corrected chi connectivity index (χ4v) is 1.72. The van der Waals surface area contributed by atoms with Gasteiger partial charge in [-0.1, -0.05) is 11.6 Å². The lowest BCUT2D eigenvalue weighted by Gasteiger charge is -2.10. The van der Waals surface area contributed by atoms with Crippen molar-refractivity contribution < 1.29 is 4.79 Å². The third kappa shape index (κ3) is 1.53. The zero-order valence-electron chi connectivity index (χ0n) is 9.23. The number of amides is 1. The lowest BCUT2D eigenvalue weighted by atomic mass is 10.3. The molecule has 0 aliphatic carbocycles. The van der Waals surface area contributed by atoms with Gasteiger partial charge in [0.05, 0.1) is 5.39 Å². The van der Waals surface area contributed by atoms with Gasteiger partial charge in [-0.15, -0.1) is 0 Å². The SMILES string of the molecule is CN(C)C(=O)c1cc2c(Cl)ncnc2n1C. The molecule has 0 atom stereocenters. The van der Waals surface area contributed by atoms with Crippen molar-refractivity contribution in [3.63, 3.8) is 0 Å². The fourth-order valence-electron chi connectivity index (χ4n) is 1.54. The van der Waals surface area contributed by atoms with E-state index in [1.165, 1.54) is 11.2 Å². The molecule has 16 heavy (non-hydrogen) atoms. The molecule has 0 N–H and O–H groups in total. The normalized spacial score (nSPS) is 10.8. The fraction of sp³-hybridized carbons (Fsp3) is 0.300. The number of halogens is 1. The standard InChI is InChI=1S/C10H11ClN4O/c1-14(2)10(16)7-4-6-8(11)12-5-13-9(6)15(7)3/h4-5H,1-3H3. The minimum atomic E-state index is -0.0865. The zero-order valence-corrected chi connectivity index (χ0v) is 9.99. The predicted octanol–water partition coefficient (Wildman–Crippen LogP) is 1.32. The number of carbonyl (C=O) groups is 1. The molecule has 0 aliphatic heterocycles. The molecule has 0 saturated heterocycles. The largest absolute Gasteiger partial charge is 0.343 e. The van der Waals surface area contributed by atoms with Crippen LogP contribution in [0.25, 0.3) is 11.0 Å². The van der Waals surface area contributed by atoms with E-state index in [9.17, 15) is 4.79 Å². The number of carbonyl (C=O) groups excluding carboxylic acids is 1. The molecular formula is C10H11ClN4O. The molecular weight excluding hydrogens is 228 g/mol. The molecule has 0 unspecified atom stereocenters. The summed E-state index contributed by atoms with van der Waals surface area (Å²) in [6.07, 6.45) is 1.38. The summed E-state index contributed by atoms with van der Waals surface area (Å²) in [5.41, 5.74) is 1.20. The van der Waals surface area contributed by atoms with Gasteiger partial charge < -0.3 is 9.47 Å². The van der Waals surface area contributed by atoms with Crippen LogP contribution >= 0.6 is 11.6 Å². The van der Waals surface area contributed by atoms with Crippen LogP contribution in [0.4, 0.5) is 0 Å². The Balaban J connectivity index is 2.69. The maximum atomic E-state index is 11.9. The molecule has 2 aromatic heterocycles. The van der Waals surface area contributed by atoms with E-state index >= 15 is 0 Å². The van der Waals surface area contributed by atoms with E-state index in [-0.39, 0.29) is 5.91 Å². The highest BCUT2D eigenvalue weighted by Crippen LogP contribution is 2.22. The second-order valence-electron chi connectivity index (χ2n) is 3.69. The Morgan fingerprint density at radius 2 is 2.12 bits per heavy atom. The average Bonchev–Trinajstić information content (AvgIpc) is 2.57. The van der Waals surface area contributed by atoms with E-state index in [1.54, 1.807) is 31.8 Å². The number of aryl methyl sites for hydroxylation is 1. The first-order valence-corrected chi connectivity index (χ1v) is 5.07. The van der Waals surface area contributed by atoms with Crippen LogP contribution in [-0.4, -0.2) is 39.4 Å². The van der Waals surface area contributed by atoms with E-state index < -0.39 is 0 Å². The smallest absolute Gasteiger partial charge is 0.270 e. The van der Waals surface area contributed by atoms with Crippen molar-refractivity contribution in [3.05, 3.63) is 23.2 Å². The summed E-state index contributed by atoms with van der Waals surface area (Å²) in [6, 6.07) is 1.71. The Kier molecular flexibility index (Phi) is 2.55. The van der Waals surface area contributed by atoms with Crippen molar-refractivity contribution in [2.75, 3.05) is 14.1 Å². The summed E-state index contributed by atoms with van der Waals surface area (Å²) in [4.78, 5) is 21.4. The highest BCUT2D eigenvalue weighted by molar-refractivity contribution is 6.34. The number of hydrogen-bond acceptors (Lipinski definition) is 3. The zero-order chi connectivity index (χ0) is 11.9. The van der Waals surface area contributed by atoms with Crippen molar-refractivity contribution >= 4 is 28.5 Å². The Morgan fingerprint density at radius 1 is 1.44 bits per heavy atom. The molecule has 0 aromatic carbocycles. The molecule has 2 heterocycles. The second-order valence-corrected chi connectivity index (χ2v) is 4.05. The molecule has 5 nitrogen and oxygen atoms in total. The van der Waals surface area contributed by atoms with Gasteiger partial charge in [0.2, 0.25) is 0 Å². The maximum Gasteiger partial charge on any atom is 0.270 e. The van der Waals surface area contributed by atoms with Crippen molar-refractivity contribution in [2.24, 2.45) is 7.05 Å². The Bertz CT molecular complexity index is 561. The van der Waals surface area contributed by atoms with Gasteiger partial charge >= 0.3 is 0 Å². The first kappa shape index (κ1) is 10.9. The van der Waals surface area contributed by atoms with Gasteiger partial charge in [-0.25, -0.2) is 9.97 Å². The second kappa shape index (κ2) is 3.75. The van der Waals surface area contributed by atoms with Crippen LogP contribution in [0.2, 0.25) is 5.15 Å². The van der Waals surface area contributed by atoms with Crippen LogP contribution in [0.15, 0.2) is 12.4 Å². The van der Waals surface area contributed by atoms with Crippen LogP contribution in [-0.2, 0) is 7.05 Å². The number of rotatable bonds is 1. The Labute approximate surface area is 97.7 Å². The summed E-state index contributed by atoms with van der Waals surface area (Å²) in [6.45, 7) is 0. The van der Waals surface area contributed by atoms with Crippen LogP contribution in [0, 0.1) is 0 Å². The number of hydrogen-bond donors (Lipinski definition) is 0. The van der Waals surface area contributed by atoms with E-state index in [0.29, 0.717) is 21.9 Å². The van der Waals surface area contributed by atoms with Gasteiger partial charge in [0.25, 0.3) is 5.91 Å². The molecule has 0 fully saturated rings. The van der Waals surface area contributed by atoms with Crippen LogP contribution < -0.4 is 0 Å². The van der Waals surface area contributed by atoms with Crippen molar-refractivity contribution in [3.8, 4) is 0 Å². The lowest BCUT2D eigenvalue weighted by Crippen LogP contribution is -2.23. The quantitative estimate of drug-likeness (QED) is 0.705. The van der Waals surface area contributed by atoms with E-state index in [2.05, 4.69) is 9.97 Å². The van der Waals surface area contributed by atoms with Gasteiger partial charge in [-0.05, 0) is 6.07 Å². The van der Waals surface area contributed by atoms with Crippen molar-refractivity contribution in [2.45, 2.75) is 0 Å². The van der Waals surface area contributed by atoms with Gasteiger partial charge in [0, 0.05) is 21.1 Å². The summed E-state index contributed by atoms with van der Waals surface area (Å²) in [5, 5.41) is 1.05. The molecule has 6 heteroatoms. The third-order valence-corrected chi connectivity index (χ3v) is 2.70. The van der Waals surface area contributed by atoms with Gasteiger partial charge in [0.15, 0.2) is 0 Å². The van der Waals surface area contributed by atoms with Crippen LogP contribution in [0.3, 0.4) is 0 Å². The molecule has 84 valence electrons. The van der Waals surface area contributed by atoms with E-state index in [1.807, 2.05) is 0 Å². The van der Waals surface area contributed by atoms with Gasteiger partial charge in [0.1, 0.15) is 22.8 Å². The monoisotopic (exact) mass is 238 g/mol. The summed E-state index contributed by atoms with van der Waals surface area (Å²) in [7, 11) is 5.18. The Hall–Kier alpha value is -1.62. The minimum Gasteiger partial charge on any atom is -0.343 e. The first-order valence-electron chi connectivity index (χ1n) is 4.70. The average molecular weight is 239 g/mol. The van der Waals surface area contributed by atoms with E-state index in [0.717, 1.165) is 0 Å². The molecule has 0 aliphatic rings. The Morgan fingerprint density at radius 3 is 2.69 bits per heavy atom. The summed E-state index contributed by atoms with van der Waals surface area (Å²) < 4.78 is 1.71. The van der Waals surface area contributed by atoms with Crippen LogP contribution in [0.5, 0.6) is 0 Å². The van der Waals surface area contributed by atoms with E-state index in [4.69, 9.17) is 11.6 Å². The summed E-state index contributed by atoms with van der Waals surface area (Å²) >= 11 is 5.94. The maximum absolute atomic E-state index is 11.9. The molecule has 2 rings (SSSR count). The number of nitrogens with zero attached hydrogens (tertiary/aromatic N) is 4. The molecule has 0 radical (unpaired) electrons. The highest BCUT2D eigenvalue weighted by Gasteiger charge is 2.17. The molecule has 0 saturated carbocycles. The third-order valence-electron chi connectivity index (χ3n) is 2.40.